The van der Waals surface area contributed by atoms with Crippen LogP contribution in [0.15, 0.2) is 41.4 Å². The maximum Gasteiger partial charge on any atom is 0.240 e. The SMILES string of the molecule is CCn1c(C)nc(C)c1-c1ccnc(Nc2ccc(S(=O)(=O)NCCOC)cc2)n1. The molecular weight excluding hydrogens is 404 g/mol. The van der Waals surface area contributed by atoms with Crippen molar-refractivity contribution in [3.63, 3.8) is 0 Å². The van der Waals surface area contributed by atoms with E-state index in [0.29, 0.717) is 18.2 Å². The Hall–Kier alpha value is -2.82. The fourth-order valence-electron chi connectivity index (χ4n) is 3.18. The van der Waals surface area contributed by atoms with Crippen molar-refractivity contribution in [3.8, 4) is 11.4 Å². The Bertz CT molecular complexity index is 1110. The van der Waals surface area contributed by atoms with E-state index in [-0.39, 0.29) is 11.4 Å². The Morgan fingerprint density at radius 2 is 1.83 bits per heavy atom. The molecule has 0 saturated carbocycles. The predicted molar refractivity (Wildman–Crippen MR) is 115 cm³/mol. The quantitative estimate of drug-likeness (QED) is 0.502. The molecule has 30 heavy (non-hydrogen) atoms. The Kier molecular flexibility index (Phi) is 6.80. The molecular formula is C20H26N6O3S. The fraction of sp³-hybridized carbons (Fsp3) is 0.350. The number of aromatic nitrogens is 4. The van der Waals surface area contributed by atoms with Gasteiger partial charge in [-0.05, 0) is 51.1 Å². The second-order valence-corrected chi connectivity index (χ2v) is 8.41. The van der Waals surface area contributed by atoms with Gasteiger partial charge in [0, 0.05) is 32.1 Å². The Balaban J connectivity index is 1.79. The van der Waals surface area contributed by atoms with Crippen LogP contribution in [0.2, 0.25) is 0 Å². The topological polar surface area (TPSA) is 111 Å². The van der Waals surface area contributed by atoms with Crippen molar-refractivity contribution in [2.24, 2.45) is 0 Å². The van der Waals surface area contributed by atoms with E-state index in [2.05, 4.69) is 36.5 Å². The number of hydrogen-bond donors (Lipinski definition) is 2. The second kappa shape index (κ2) is 9.33. The van der Waals surface area contributed by atoms with Crippen LogP contribution in [-0.2, 0) is 21.3 Å². The first-order valence-corrected chi connectivity index (χ1v) is 11.1. The van der Waals surface area contributed by atoms with Gasteiger partial charge in [0.2, 0.25) is 16.0 Å². The van der Waals surface area contributed by atoms with Crippen LogP contribution in [0.4, 0.5) is 11.6 Å². The number of rotatable bonds is 9. The average Bonchev–Trinajstić information content (AvgIpc) is 3.01. The third kappa shape index (κ3) is 4.84. The highest BCUT2D eigenvalue weighted by Crippen LogP contribution is 2.24. The predicted octanol–water partition coefficient (Wildman–Crippen LogP) is 2.65. The lowest BCUT2D eigenvalue weighted by Gasteiger charge is -2.10. The summed E-state index contributed by atoms with van der Waals surface area (Å²) in [7, 11) is -2.06. The molecule has 10 heteroatoms. The van der Waals surface area contributed by atoms with Crippen LogP contribution in [0, 0.1) is 13.8 Å². The van der Waals surface area contributed by atoms with E-state index in [1.54, 1.807) is 18.3 Å². The number of nitrogens with zero attached hydrogens (tertiary/aromatic N) is 4. The van der Waals surface area contributed by atoms with Crippen molar-refractivity contribution in [2.45, 2.75) is 32.2 Å². The summed E-state index contributed by atoms with van der Waals surface area (Å²) in [6.07, 6.45) is 1.69. The summed E-state index contributed by atoms with van der Waals surface area (Å²) >= 11 is 0. The van der Waals surface area contributed by atoms with Crippen molar-refractivity contribution in [2.75, 3.05) is 25.6 Å². The highest BCUT2D eigenvalue weighted by atomic mass is 32.2. The number of methoxy groups -OCH3 is 1. The van der Waals surface area contributed by atoms with Crippen LogP contribution in [0.5, 0.6) is 0 Å². The molecule has 0 saturated heterocycles. The van der Waals surface area contributed by atoms with Gasteiger partial charge in [0.15, 0.2) is 0 Å². The standard InChI is InChI=1S/C20H26N6O3S/c1-5-26-15(3)23-14(2)19(26)18-10-11-21-20(25-18)24-16-6-8-17(9-7-16)30(27,28)22-12-13-29-4/h6-11,22H,5,12-13H2,1-4H3,(H,21,24,25). The molecule has 1 aromatic carbocycles. The molecule has 0 unspecified atom stereocenters. The van der Waals surface area contributed by atoms with Gasteiger partial charge >= 0.3 is 0 Å². The smallest absolute Gasteiger partial charge is 0.240 e. The minimum atomic E-state index is -3.57. The van der Waals surface area contributed by atoms with Gasteiger partial charge in [0.1, 0.15) is 5.82 Å². The van der Waals surface area contributed by atoms with Crippen molar-refractivity contribution in [3.05, 3.63) is 48.0 Å². The molecule has 2 aromatic heterocycles. The first-order chi connectivity index (χ1) is 14.4. The maximum absolute atomic E-state index is 12.3. The molecule has 2 N–H and O–H groups in total. The number of benzene rings is 1. The van der Waals surface area contributed by atoms with Crippen molar-refractivity contribution in [1.82, 2.24) is 24.2 Å². The summed E-state index contributed by atoms with van der Waals surface area (Å²) in [4.78, 5) is 13.6. The van der Waals surface area contributed by atoms with E-state index in [9.17, 15) is 8.42 Å². The molecule has 0 aliphatic carbocycles. The number of imidazole rings is 1. The molecule has 0 atom stereocenters. The highest BCUT2D eigenvalue weighted by molar-refractivity contribution is 7.89. The summed E-state index contributed by atoms with van der Waals surface area (Å²) < 4.78 is 34.0. The molecule has 0 bridgehead atoms. The Morgan fingerprint density at radius 3 is 2.50 bits per heavy atom. The first-order valence-electron chi connectivity index (χ1n) is 9.58. The zero-order valence-electron chi connectivity index (χ0n) is 17.5. The summed E-state index contributed by atoms with van der Waals surface area (Å²) in [6, 6.07) is 8.25. The van der Waals surface area contributed by atoms with Crippen LogP contribution >= 0.6 is 0 Å². The van der Waals surface area contributed by atoms with Gasteiger partial charge in [-0.15, -0.1) is 0 Å². The number of sulfonamides is 1. The number of nitrogens with one attached hydrogen (secondary N) is 2. The van der Waals surface area contributed by atoms with Gasteiger partial charge in [-0.25, -0.2) is 28.1 Å². The van der Waals surface area contributed by atoms with Crippen LogP contribution in [0.1, 0.15) is 18.4 Å². The lowest BCUT2D eigenvalue weighted by molar-refractivity contribution is 0.204. The second-order valence-electron chi connectivity index (χ2n) is 6.64. The van der Waals surface area contributed by atoms with Crippen molar-refractivity contribution < 1.29 is 13.2 Å². The monoisotopic (exact) mass is 430 g/mol. The maximum atomic E-state index is 12.3. The molecule has 3 aromatic rings. The van der Waals surface area contributed by atoms with E-state index < -0.39 is 10.0 Å². The molecule has 0 aliphatic rings. The normalized spacial score (nSPS) is 11.6. The molecule has 9 nitrogen and oxygen atoms in total. The van der Waals surface area contributed by atoms with E-state index in [1.165, 1.54) is 19.2 Å². The summed E-state index contributed by atoms with van der Waals surface area (Å²) in [5, 5.41) is 3.12. The Labute approximate surface area is 176 Å². The van der Waals surface area contributed by atoms with Gasteiger partial charge in [0.25, 0.3) is 0 Å². The molecule has 0 radical (unpaired) electrons. The van der Waals surface area contributed by atoms with E-state index in [0.717, 1.165) is 29.5 Å². The lowest BCUT2D eigenvalue weighted by Crippen LogP contribution is -2.27. The van der Waals surface area contributed by atoms with E-state index in [4.69, 9.17) is 4.74 Å². The van der Waals surface area contributed by atoms with Gasteiger partial charge < -0.3 is 14.6 Å². The van der Waals surface area contributed by atoms with Crippen molar-refractivity contribution >= 4 is 21.7 Å². The minimum Gasteiger partial charge on any atom is -0.383 e. The highest BCUT2D eigenvalue weighted by Gasteiger charge is 2.15. The van der Waals surface area contributed by atoms with Gasteiger partial charge in [-0.2, -0.15) is 0 Å². The summed E-state index contributed by atoms with van der Waals surface area (Å²) in [5.41, 5.74) is 3.33. The fourth-order valence-corrected chi connectivity index (χ4v) is 4.20. The summed E-state index contributed by atoms with van der Waals surface area (Å²) in [6.45, 7) is 7.32. The van der Waals surface area contributed by atoms with Gasteiger partial charge in [-0.1, -0.05) is 0 Å². The van der Waals surface area contributed by atoms with Crippen LogP contribution < -0.4 is 10.0 Å². The summed E-state index contributed by atoms with van der Waals surface area (Å²) in [5.74, 6) is 1.36. The number of ether oxygens (including phenoxy) is 1. The van der Waals surface area contributed by atoms with Crippen molar-refractivity contribution in [1.29, 1.82) is 0 Å². The Morgan fingerprint density at radius 1 is 1.10 bits per heavy atom. The average molecular weight is 431 g/mol. The van der Waals surface area contributed by atoms with Crippen LogP contribution in [-0.4, -0.2) is 48.2 Å². The first kappa shape index (κ1) is 21.9. The number of hydrogen-bond acceptors (Lipinski definition) is 7. The molecule has 0 amide bonds. The third-order valence-electron chi connectivity index (χ3n) is 4.57. The van der Waals surface area contributed by atoms with Crippen LogP contribution in [0.3, 0.4) is 0 Å². The van der Waals surface area contributed by atoms with Gasteiger partial charge in [-0.3, -0.25) is 0 Å². The molecule has 0 fully saturated rings. The molecule has 3 rings (SSSR count). The zero-order valence-corrected chi connectivity index (χ0v) is 18.3. The minimum absolute atomic E-state index is 0.178. The zero-order chi connectivity index (χ0) is 21.7. The third-order valence-corrected chi connectivity index (χ3v) is 6.04. The molecule has 0 spiro atoms. The molecule has 2 heterocycles. The molecule has 160 valence electrons. The van der Waals surface area contributed by atoms with Crippen LogP contribution in [0.25, 0.3) is 11.4 Å². The molecule has 0 aliphatic heterocycles. The van der Waals surface area contributed by atoms with E-state index in [1.807, 2.05) is 19.9 Å². The van der Waals surface area contributed by atoms with E-state index >= 15 is 0 Å². The van der Waals surface area contributed by atoms with Gasteiger partial charge in [0.05, 0.1) is 28.6 Å². The lowest BCUT2D eigenvalue weighted by atomic mass is 10.2. The number of anilines is 2. The largest absolute Gasteiger partial charge is 0.383 e. The number of aryl methyl sites for hydroxylation is 2.